The summed E-state index contributed by atoms with van der Waals surface area (Å²) in [5, 5.41) is 23.7. The number of carbonyl (C=O) groups is 4. The van der Waals surface area contributed by atoms with Gasteiger partial charge in [0.25, 0.3) is 0 Å². The van der Waals surface area contributed by atoms with Crippen LogP contribution in [0.25, 0.3) is 0 Å². The molecule has 0 heterocycles. The Bertz CT molecular complexity index is 1780. The molecule has 0 aromatic rings. The second-order valence-corrected chi connectivity index (χ2v) is 15.7. The summed E-state index contributed by atoms with van der Waals surface area (Å²) in [7, 11) is 0. The van der Waals surface area contributed by atoms with Crippen molar-refractivity contribution in [2.45, 2.75) is 103 Å². The SMILES string of the molecule is O=C(O)CN(CCOCCOCCNC(=O)CCCCCCCCC#CC#CCCCCCCCCC(=O)NCC1=CC2=CC=C3C=CC=C4C=CC(=C1)C2C43)CC(=O)O. The normalized spacial score (nSPS) is 16.8. The average Bonchev–Trinajstić information content (AvgIpc) is 3.23. The minimum absolute atomic E-state index is 0.0190. The predicted molar refractivity (Wildman–Crippen MR) is 234 cm³/mol. The average molecular weight is 824 g/mol. The fourth-order valence-electron chi connectivity index (χ4n) is 7.77. The molecule has 2 atom stereocenters. The molecule has 60 heavy (non-hydrogen) atoms. The van der Waals surface area contributed by atoms with Crippen LogP contribution in [-0.4, -0.2) is 98.0 Å². The quantitative estimate of drug-likeness (QED) is 0.0428. The van der Waals surface area contributed by atoms with Crippen molar-refractivity contribution in [1.82, 2.24) is 15.5 Å². The number of carbonyl (C=O) groups excluding carboxylic acids is 2. The van der Waals surface area contributed by atoms with Gasteiger partial charge in [-0.1, -0.05) is 118 Å². The largest absolute Gasteiger partial charge is 0.480 e. The maximum atomic E-state index is 12.5. The van der Waals surface area contributed by atoms with Crippen LogP contribution in [0, 0.1) is 35.5 Å². The summed E-state index contributed by atoms with van der Waals surface area (Å²) in [5.74, 6) is 11.1. The van der Waals surface area contributed by atoms with Gasteiger partial charge in [0, 0.05) is 57.2 Å². The van der Waals surface area contributed by atoms with E-state index in [9.17, 15) is 19.2 Å². The smallest absolute Gasteiger partial charge is 0.317 e. The molecule has 2 amide bonds. The van der Waals surface area contributed by atoms with Crippen LogP contribution in [0.15, 0.2) is 82.5 Å². The number of amides is 2. The number of ether oxygens (including phenoxy) is 2. The summed E-state index contributed by atoms with van der Waals surface area (Å²) in [4.78, 5) is 47.5. The predicted octanol–water partition coefficient (Wildman–Crippen LogP) is 7.00. The van der Waals surface area contributed by atoms with Crippen molar-refractivity contribution in [1.29, 1.82) is 0 Å². The highest BCUT2D eigenvalue weighted by atomic mass is 16.5. The Hall–Kier alpha value is -4.94. The van der Waals surface area contributed by atoms with Gasteiger partial charge in [-0.25, -0.2) is 0 Å². The van der Waals surface area contributed by atoms with Crippen molar-refractivity contribution in [2.24, 2.45) is 11.8 Å². The van der Waals surface area contributed by atoms with Gasteiger partial charge in [-0.05, 0) is 65.4 Å². The number of rotatable bonds is 31. The van der Waals surface area contributed by atoms with Crippen molar-refractivity contribution in [3.8, 4) is 23.7 Å². The van der Waals surface area contributed by atoms with Gasteiger partial charge in [-0.2, -0.15) is 0 Å². The molecule has 0 aromatic carbocycles. The molecule has 324 valence electrons. The summed E-state index contributed by atoms with van der Waals surface area (Å²) in [6.07, 6.45) is 35.8. The van der Waals surface area contributed by atoms with Crippen LogP contribution in [0.2, 0.25) is 0 Å². The summed E-state index contributed by atoms with van der Waals surface area (Å²) in [6, 6.07) is 0. The van der Waals surface area contributed by atoms with Crippen LogP contribution >= 0.6 is 0 Å². The summed E-state index contributed by atoms with van der Waals surface area (Å²) in [5.41, 5.74) is 6.62. The highest BCUT2D eigenvalue weighted by Crippen LogP contribution is 2.48. The van der Waals surface area contributed by atoms with E-state index < -0.39 is 11.9 Å². The molecule has 0 aliphatic heterocycles. The number of hydrogen-bond donors (Lipinski definition) is 4. The maximum absolute atomic E-state index is 12.5. The van der Waals surface area contributed by atoms with Crippen molar-refractivity contribution >= 4 is 23.8 Å². The number of carboxylic acids is 2. The van der Waals surface area contributed by atoms with Gasteiger partial charge in [-0.3, -0.25) is 24.1 Å². The number of unbranched alkanes of at least 4 members (excludes halogenated alkanes) is 12. The molecule has 0 bridgehead atoms. The Morgan fingerprint density at radius 2 is 1.12 bits per heavy atom. The van der Waals surface area contributed by atoms with Gasteiger partial charge in [0.05, 0.1) is 39.5 Å². The van der Waals surface area contributed by atoms with Crippen LogP contribution in [0.5, 0.6) is 0 Å². The molecule has 0 saturated heterocycles. The van der Waals surface area contributed by atoms with Crippen LogP contribution in [0.1, 0.15) is 103 Å². The van der Waals surface area contributed by atoms with Gasteiger partial charge in [0.1, 0.15) is 0 Å². The topological polar surface area (TPSA) is 154 Å². The molecule has 0 radical (unpaired) electrons. The first-order valence-electron chi connectivity index (χ1n) is 22.0. The zero-order valence-corrected chi connectivity index (χ0v) is 35.3. The molecule has 4 rings (SSSR count). The molecule has 4 N–H and O–H groups in total. The zero-order chi connectivity index (χ0) is 42.6. The number of aliphatic carboxylic acids is 2. The molecular formula is C49H65N3O8. The minimum Gasteiger partial charge on any atom is -0.480 e. The van der Waals surface area contributed by atoms with Crippen LogP contribution in [0.4, 0.5) is 0 Å². The van der Waals surface area contributed by atoms with Gasteiger partial charge < -0.3 is 30.3 Å². The second-order valence-electron chi connectivity index (χ2n) is 15.7. The van der Waals surface area contributed by atoms with E-state index in [1.165, 1.54) is 39.2 Å². The Labute approximate surface area is 357 Å². The molecule has 0 aromatic heterocycles. The van der Waals surface area contributed by atoms with E-state index in [0.717, 1.165) is 83.5 Å². The number of carboxylic acid groups (broad SMARTS) is 2. The van der Waals surface area contributed by atoms with Gasteiger partial charge in [0.2, 0.25) is 11.8 Å². The van der Waals surface area contributed by atoms with Crippen molar-refractivity contribution < 1.29 is 38.9 Å². The Balaban J connectivity index is 0.864. The van der Waals surface area contributed by atoms with Crippen LogP contribution in [-0.2, 0) is 28.7 Å². The van der Waals surface area contributed by atoms with E-state index in [-0.39, 0.29) is 38.1 Å². The summed E-state index contributed by atoms with van der Waals surface area (Å²) in [6.45, 7) is 1.67. The van der Waals surface area contributed by atoms with Crippen molar-refractivity contribution in [3.63, 3.8) is 0 Å². The lowest BCUT2D eigenvalue weighted by Crippen LogP contribution is -2.37. The molecule has 0 saturated carbocycles. The summed E-state index contributed by atoms with van der Waals surface area (Å²) < 4.78 is 10.8. The van der Waals surface area contributed by atoms with Gasteiger partial charge in [-0.15, -0.1) is 0 Å². The van der Waals surface area contributed by atoms with E-state index >= 15 is 0 Å². The Kier molecular flexibility index (Phi) is 22.7. The van der Waals surface area contributed by atoms with E-state index in [0.29, 0.717) is 57.6 Å². The third-order valence-electron chi connectivity index (χ3n) is 10.8. The molecule has 11 nitrogen and oxygen atoms in total. The molecule has 11 heteroatoms. The lowest BCUT2D eigenvalue weighted by molar-refractivity contribution is -0.142. The Morgan fingerprint density at radius 1 is 0.583 bits per heavy atom. The third kappa shape index (κ3) is 19.0. The first-order valence-corrected chi connectivity index (χ1v) is 22.0. The van der Waals surface area contributed by atoms with E-state index in [1.807, 2.05) is 0 Å². The first-order chi connectivity index (χ1) is 29.3. The van der Waals surface area contributed by atoms with Crippen molar-refractivity contribution in [3.05, 3.63) is 82.5 Å². The van der Waals surface area contributed by atoms with Gasteiger partial charge >= 0.3 is 11.9 Å². The van der Waals surface area contributed by atoms with E-state index in [2.05, 4.69) is 89.0 Å². The minimum atomic E-state index is -1.09. The number of nitrogens with one attached hydrogen (secondary N) is 2. The molecule has 4 aliphatic carbocycles. The lowest BCUT2D eigenvalue weighted by atomic mass is 9.64. The lowest BCUT2D eigenvalue weighted by Gasteiger charge is -2.40. The van der Waals surface area contributed by atoms with Gasteiger partial charge in [0.15, 0.2) is 0 Å². The van der Waals surface area contributed by atoms with E-state index in [1.54, 1.807) is 0 Å². The Morgan fingerprint density at radius 3 is 1.77 bits per heavy atom. The van der Waals surface area contributed by atoms with Crippen LogP contribution < -0.4 is 10.6 Å². The fraction of sp³-hybridized carbons (Fsp3) is 0.551. The maximum Gasteiger partial charge on any atom is 0.317 e. The molecule has 0 fully saturated rings. The number of hydrogen-bond acceptors (Lipinski definition) is 7. The fourth-order valence-corrected chi connectivity index (χ4v) is 7.77. The number of allylic oxidation sites excluding steroid dienone is 12. The third-order valence-corrected chi connectivity index (χ3v) is 10.8. The second kappa shape index (κ2) is 28.5. The zero-order valence-electron chi connectivity index (χ0n) is 35.3. The highest BCUT2D eigenvalue weighted by Gasteiger charge is 2.37. The first kappa shape index (κ1) is 47.7. The molecular weight excluding hydrogens is 759 g/mol. The van der Waals surface area contributed by atoms with E-state index in [4.69, 9.17) is 19.7 Å². The highest BCUT2D eigenvalue weighted by molar-refractivity contribution is 5.76. The molecule has 4 aliphatic rings. The summed E-state index contributed by atoms with van der Waals surface area (Å²) >= 11 is 0. The molecule has 0 spiro atoms. The monoisotopic (exact) mass is 823 g/mol. The van der Waals surface area contributed by atoms with Crippen LogP contribution in [0.3, 0.4) is 0 Å². The van der Waals surface area contributed by atoms with Crippen molar-refractivity contribution in [2.75, 3.05) is 59.2 Å². The standard InChI is InChI=1S/C49H65N3O8/c53-44(50-28-30-59-32-33-60-31-29-52(37-46(55)56)38-47(57)58)22-17-15-13-11-9-7-5-3-1-2-4-6-8-10-12-14-16-18-23-45(54)51-36-39-34-42-26-24-40-20-19-21-41-25-27-43(35-39)49(42)48(40)41/h19-21,24-27,34-35,48-49H,5-18,22-23,28-33,36-38H2,(H,50,53)(H,51,54)(H,55,56)(H,57,58). The number of nitrogens with zero attached hydrogens (tertiary/aromatic N) is 1. The molecule has 2 unspecified atom stereocenters.